The molecule has 24 heavy (non-hydrogen) atoms. The second kappa shape index (κ2) is 7.85. The lowest BCUT2D eigenvalue weighted by Crippen LogP contribution is -2.30. The molecule has 1 aromatic heterocycles. The summed E-state index contributed by atoms with van der Waals surface area (Å²) >= 11 is 1.79. The van der Waals surface area contributed by atoms with Gasteiger partial charge in [-0.15, -0.1) is 0 Å². The summed E-state index contributed by atoms with van der Waals surface area (Å²) in [6.07, 6.45) is 0. The maximum Gasteiger partial charge on any atom is 0.264 e. The average molecular weight is 365 g/mol. The number of fused-ring (bicyclic) bond motifs is 1. The number of rotatable bonds is 3. The van der Waals surface area contributed by atoms with E-state index in [1.54, 1.807) is 37.5 Å². The van der Waals surface area contributed by atoms with Gasteiger partial charge in [-0.05, 0) is 24.6 Å². The van der Waals surface area contributed by atoms with Crippen molar-refractivity contribution in [1.82, 2.24) is 0 Å². The van der Waals surface area contributed by atoms with Crippen molar-refractivity contribution < 1.29 is 22.3 Å². The second-order valence-electron chi connectivity index (χ2n) is 5.18. The van der Waals surface area contributed by atoms with Crippen LogP contribution in [0.15, 0.2) is 53.4 Å². The highest BCUT2D eigenvalue weighted by Crippen LogP contribution is 2.19. The van der Waals surface area contributed by atoms with Crippen molar-refractivity contribution in [3.63, 3.8) is 0 Å². The number of aryl methyl sites for hydroxylation is 2. The molecule has 128 valence electrons. The zero-order valence-corrected chi connectivity index (χ0v) is 15.4. The number of aromatic nitrogens is 1. The summed E-state index contributed by atoms with van der Waals surface area (Å²) in [5.74, 6) is 0. The van der Waals surface area contributed by atoms with Crippen LogP contribution < -0.4 is 4.57 Å². The Balaban J connectivity index is 0.000000177. The van der Waals surface area contributed by atoms with Gasteiger partial charge in [-0.2, -0.15) is 4.57 Å². The Hall–Kier alpha value is -1.80. The van der Waals surface area contributed by atoms with Gasteiger partial charge in [0, 0.05) is 13.2 Å². The van der Waals surface area contributed by atoms with E-state index in [0.29, 0.717) is 12.2 Å². The second-order valence-corrected chi connectivity index (χ2v) is 7.64. The minimum absolute atomic E-state index is 0.139. The zero-order chi connectivity index (χ0) is 17.7. The number of para-hydroxylation sites is 1. The first-order chi connectivity index (χ1) is 11.3. The third-order valence-corrected chi connectivity index (χ3v) is 5.65. The summed E-state index contributed by atoms with van der Waals surface area (Å²) < 4.78 is 40.1. The van der Waals surface area contributed by atoms with E-state index < -0.39 is 10.1 Å². The predicted molar refractivity (Wildman–Crippen MR) is 92.9 cm³/mol. The summed E-state index contributed by atoms with van der Waals surface area (Å²) in [5, 5.41) is 1.25. The van der Waals surface area contributed by atoms with Crippen molar-refractivity contribution in [2.45, 2.75) is 18.4 Å². The van der Waals surface area contributed by atoms with Crippen LogP contribution in [0.25, 0.3) is 10.2 Å². The fourth-order valence-corrected chi connectivity index (χ4v) is 4.07. The smallest absolute Gasteiger partial charge is 0.264 e. The summed E-state index contributed by atoms with van der Waals surface area (Å²) in [4.78, 5) is -0.139. The van der Waals surface area contributed by atoms with Crippen molar-refractivity contribution in [2.24, 2.45) is 7.05 Å². The van der Waals surface area contributed by atoms with E-state index in [0.717, 1.165) is 0 Å². The van der Waals surface area contributed by atoms with Crippen LogP contribution in [0.5, 0.6) is 0 Å². The maximum absolute atomic E-state index is 10.5. The number of benzene rings is 2. The van der Waals surface area contributed by atoms with Gasteiger partial charge in [0.05, 0.1) is 4.90 Å². The lowest BCUT2D eigenvalue weighted by Gasteiger charge is -2.08. The van der Waals surface area contributed by atoms with Crippen LogP contribution in [0.2, 0.25) is 0 Å². The molecule has 2 aromatic carbocycles. The number of methoxy groups -OCH3 is 1. The normalized spacial score (nSPS) is 11.2. The first-order valence-corrected chi connectivity index (χ1v) is 9.44. The molecule has 0 N–H and O–H groups in total. The molecule has 0 amide bonds. The van der Waals surface area contributed by atoms with Gasteiger partial charge in [-0.3, -0.25) is 0 Å². The van der Waals surface area contributed by atoms with E-state index in [-0.39, 0.29) is 4.90 Å². The number of ether oxygens (including phenoxy) is 1. The Morgan fingerprint density at radius 1 is 1.12 bits per heavy atom. The molecule has 0 radical (unpaired) electrons. The largest absolute Gasteiger partial charge is 0.744 e. The lowest BCUT2D eigenvalue weighted by molar-refractivity contribution is -0.650. The molecule has 0 aliphatic rings. The molecule has 0 unspecified atom stereocenters. The topological polar surface area (TPSA) is 70.3 Å². The quantitative estimate of drug-likeness (QED) is 0.529. The standard InChI is InChI=1S/C10H12NOS.C7H8O3S/c1-11-8-5-3-4-6-9(8)13-10(11)7-12-2;1-6-4-2-3-5-7(6)11(8,9)10/h3-6H,7H2,1-2H3;2-5H,1H3,(H,8,9,10)/q+1;/p-1. The fourth-order valence-electron chi connectivity index (χ4n) is 2.24. The number of hydrogen-bond donors (Lipinski definition) is 0. The Labute approximate surface area is 145 Å². The Morgan fingerprint density at radius 3 is 2.29 bits per heavy atom. The van der Waals surface area contributed by atoms with Crippen LogP contribution >= 0.6 is 11.3 Å². The van der Waals surface area contributed by atoms with Gasteiger partial charge in [-0.25, -0.2) is 8.42 Å². The third kappa shape index (κ3) is 4.39. The van der Waals surface area contributed by atoms with Crippen LogP contribution in [0.1, 0.15) is 10.6 Å². The van der Waals surface area contributed by atoms with E-state index in [1.807, 2.05) is 0 Å². The summed E-state index contributed by atoms with van der Waals surface area (Å²) in [7, 11) is -0.480. The van der Waals surface area contributed by atoms with Crippen LogP contribution in [0, 0.1) is 6.92 Å². The van der Waals surface area contributed by atoms with E-state index in [2.05, 4.69) is 35.9 Å². The van der Waals surface area contributed by atoms with Crippen molar-refractivity contribution >= 4 is 31.7 Å². The van der Waals surface area contributed by atoms with Gasteiger partial charge in [0.15, 0.2) is 0 Å². The molecule has 1 heterocycles. The molecule has 5 nitrogen and oxygen atoms in total. The van der Waals surface area contributed by atoms with Gasteiger partial charge in [0.25, 0.3) is 5.01 Å². The molecule has 0 spiro atoms. The highest BCUT2D eigenvalue weighted by Gasteiger charge is 2.14. The third-order valence-electron chi connectivity index (χ3n) is 3.46. The molecule has 7 heteroatoms. The van der Waals surface area contributed by atoms with Crippen molar-refractivity contribution in [1.29, 1.82) is 0 Å². The maximum atomic E-state index is 10.5. The molecule has 0 aliphatic heterocycles. The number of nitrogens with zero attached hydrogens (tertiary/aromatic N) is 1. The minimum Gasteiger partial charge on any atom is -0.744 e. The molecular formula is C17H19NO4S2. The Bertz CT molecular complexity index is 933. The Kier molecular flexibility index (Phi) is 6.06. The van der Waals surface area contributed by atoms with Gasteiger partial charge in [0.1, 0.15) is 28.5 Å². The van der Waals surface area contributed by atoms with Crippen molar-refractivity contribution in [2.75, 3.05) is 7.11 Å². The molecule has 0 fully saturated rings. The van der Waals surface area contributed by atoms with Gasteiger partial charge in [-0.1, -0.05) is 41.7 Å². The van der Waals surface area contributed by atoms with E-state index >= 15 is 0 Å². The fraction of sp³-hybridized carbons (Fsp3) is 0.235. The molecule has 0 aliphatic carbocycles. The van der Waals surface area contributed by atoms with E-state index in [1.165, 1.54) is 27.4 Å². The van der Waals surface area contributed by atoms with E-state index in [4.69, 9.17) is 4.74 Å². The molecule has 0 atom stereocenters. The first-order valence-electron chi connectivity index (χ1n) is 7.21. The van der Waals surface area contributed by atoms with Crippen molar-refractivity contribution in [3.05, 3.63) is 59.1 Å². The number of thiazole rings is 1. The highest BCUT2D eigenvalue weighted by molar-refractivity contribution is 7.85. The van der Waals surface area contributed by atoms with Crippen LogP contribution in [-0.2, 0) is 28.5 Å². The average Bonchev–Trinajstić information content (AvgIpc) is 2.85. The molecule has 0 saturated heterocycles. The minimum atomic E-state index is -4.28. The van der Waals surface area contributed by atoms with Crippen LogP contribution in [0.3, 0.4) is 0 Å². The van der Waals surface area contributed by atoms with Crippen LogP contribution in [-0.4, -0.2) is 20.1 Å². The summed E-state index contributed by atoms with van der Waals surface area (Å²) in [6.45, 7) is 2.28. The first kappa shape index (κ1) is 18.5. The van der Waals surface area contributed by atoms with Gasteiger partial charge in [0.2, 0.25) is 5.52 Å². The molecular weight excluding hydrogens is 346 g/mol. The molecule has 0 bridgehead atoms. The number of hydrogen-bond acceptors (Lipinski definition) is 5. The zero-order valence-electron chi connectivity index (χ0n) is 13.7. The summed E-state index contributed by atoms with van der Waals surface area (Å²) in [6, 6.07) is 14.5. The van der Waals surface area contributed by atoms with Gasteiger partial charge < -0.3 is 9.29 Å². The highest BCUT2D eigenvalue weighted by atomic mass is 32.2. The Morgan fingerprint density at radius 2 is 1.75 bits per heavy atom. The predicted octanol–water partition coefficient (Wildman–Crippen LogP) is 2.77. The molecule has 0 saturated carbocycles. The van der Waals surface area contributed by atoms with E-state index in [9.17, 15) is 13.0 Å². The van der Waals surface area contributed by atoms with Crippen molar-refractivity contribution in [3.8, 4) is 0 Å². The molecule has 3 rings (SSSR count). The monoisotopic (exact) mass is 365 g/mol. The SMILES string of the molecule is COCc1sc2ccccc2[n+]1C.Cc1ccccc1S(=O)(=O)[O-]. The van der Waals surface area contributed by atoms with Gasteiger partial charge >= 0.3 is 0 Å². The summed E-state index contributed by atoms with van der Waals surface area (Å²) in [5.41, 5.74) is 1.77. The molecule has 3 aromatic rings. The lowest BCUT2D eigenvalue weighted by atomic mass is 10.2. The van der Waals surface area contributed by atoms with Crippen LogP contribution in [0.4, 0.5) is 0 Å².